The van der Waals surface area contributed by atoms with Crippen molar-refractivity contribution in [1.29, 1.82) is 0 Å². The molecule has 29 heavy (non-hydrogen) atoms. The summed E-state index contributed by atoms with van der Waals surface area (Å²) in [7, 11) is -6.94. The molecule has 0 saturated heterocycles. The quantitative estimate of drug-likeness (QED) is 0.514. The van der Waals surface area contributed by atoms with Crippen LogP contribution < -0.4 is 20.1 Å². The Labute approximate surface area is 163 Å². The third-order valence-electron chi connectivity index (χ3n) is 3.81. The summed E-state index contributed by atoms with van der Waals surface area (Å²) in [5.74, 6) is 0.806. The summed E-state index contributed by atoms with van der Waals surface area (Å²) in [5.41, 5.74) is 0.203. The summed E-state index contributed by atoms with van der Waals surface area (Å²) < 4.78 is 73.6. The van der Waals surface area contributed by atoms with Gasteiger partial charge in [0.2, 0.25) is 0 Å². The van der Waals surface area contributed by atoms with Crippen molar-refractivity contribution in [3.8, 4) is 11.5 Å². The molecule has 0 bridgehead atoms. The Kier molecular flexibility index (Phi) is 5.65. The first-order chi connectivity index (χ1) is 13.2. The Hall–Kier alpha value is -2.73. The molecule has 0 aliphatic heterocycles. The standard InChI is InChI=1S/C17H19F5N2O4S/c1-27-12-5-8-16(28-2)14(9-12)15(25)10-23-17(26)24-11-3-6-13(7-4-11)29(18,19,20,21)22/h3-9,15,25H,10H2,1-2H3,(H2,23,24,26)/t15-/m0/s1. The minimum atomic E-state index is -9.77. The molecular weight excluding hydrogens is 423 g/mol. The molecule has 0 fully saturated rings. The molecule has 2 rings (SSSR count). The van der Waals surface area contributed by atoms with Crippen molar-refractivity contribution in [3.63, 3.8) is 0 Å². The first kappa shape index (κ1) is 22.6. The highest BCUT2D eigenvalue weighted by atomic mass is 32.5. The van der Waals surface area contributed by atoms with Crippen LogP contribution in [0.5, 0.6) is 11.5 Å². The van der Waals surface area contributed by atoms with E-state index in [-0.39, 0.29) is 24.4 Å². The minimum absolute atomic E-state index is 0.137. The minimum Gasteiger partial charge on any atom is -0.497 e. The molecular formula is C17H19F5N2O4S. The van der Waals surface area contributed by atoms with Crippen LogP contribution in [0.4, 0.5) is 29.9 Å². The van der Waals surface area contributed by atoms with E-state index in [0.29, 0.717) is 29.2 Å². The second-order valence-corrected chi connectivity index (χ2v) is 8.36. The number of aliphatic hydroxyl groups is 1. The molecule has 0 radical (unpaired) electrons. The molecule has 3 N–H and O–H groups in total. The number of aliphatic hydroxyl groups excluding tert-OH is 1. The fourth-order valence-electron chi connectivity index (χ4n) is 2.37. The lowest BCUT2D eigenvalue weighted by Crippen LogP contribution is -2.32. The number of rotatable bonds is 7. The van der Waals surface area contributed by atoms with E-state index in [9.17, 15) is 29.3 Å². The van der Waals surface area contributed by atoms with Gasteiger partial charge in [-0.15, -0.1) is 0 Å². The lowest BCUT2D eigenvalue weighted by Gasteiger charge is -2.40. The van der Waals surface area contributed by atoms with Gasteiger partial charge in [0, 0.05) is 17.8 Å². The van der Waals surface area contributed by atoms with E-state index in [2.05, 4.69) is 10.6 Å². The Bertz CT molecular complexity index is 892. The molecule has 6 nitrogen and oxygen atoms in total. The second-order valence-electron chi connectivity index (χ2n) is 5.95. The first-order valence-corrected chi connectivity index (χ1v) is 9.97. The van der Waals surface area contributed by atoms with Crippen LogP contribution in [-0.4, -0.2) is 31.9 Å². The molecule has 12 heteroatoms. The Morgan fingerprint density at radius 3 is 2.17 bits per heavy atom. The van der Waals surface area contributed by atoms with Crippen molar-refractivity contribution < 1.29 is 38.8 Å². The summed E-state index contributed by atoms with van der Waals surface area (Å²) in [6, 6.07) is 5.62. The van der Waals surface area contributed by atoms with Crippen LogP contribution in [0.1, 0.15) is 11.7 Å². The normalized spacial score (nSPS) is 14.9. The number of carbonyl (C=O) groups excluding carboxylic acids is 1. The fraction of sp³-hybridized carbons (Fsp3) is 0.235. The van der Waals surface area contributed by atoms with E-state index < -0.39 is 27.3 Å². The van der Waals surface area contributed by atoms with Gasteiger partial charge in [-0.3, -0.25) is 0 Å². The van der Waals surface area contributed by atoms with Crippen molar-refractivity contribution in [2.75, 3.05) is 26.1 Å². The number of ether oxygens (including phenoxy) is 2. The predicted molar refractivity (Wildman–Crippen MR) is 99.4 cm³/mol. The van der Waals surface area contributed by atoms with Crippen LogP contribution in [-0.2, 0) is 0 Å². The number of amides is 2. The summed E-state index contributed by atoms with van der Waals surface area (Å²) in [6.07, 6.45) is -1.18. The molecule has 2 aromatic carbocycles. The average molecular weight is 442 g/mol. The van der Waals surface area contributed by atoms with Gasteiger partial charge in [0.25, 0.3) is 0 Å². The number of urea groups is 1. The third-order valence-corrected chi connectivity index (χ3v) is 4.97. The molecule has 0 aromatic heterocycles. The van der Waals surface area contributed by atoms with Crippen molar-refractivity contribution in [3.05, 3.63) is 48.0 Å². The Morgan fingerprint density at radius 2 is 1.66 bits per heavy atom. The summed E-state index contributed by atoms with van der Waals surface area (Å²) in [6.45, 7) is -0.265. The zero-order chi connectivity index (χ0) is 21.9. The topological polar surface area (TPSA) is 79.8 Å². The smallest absolute Gasteiger partial charge is 0.319 e. The monoisotopic (exact) mass is 442 g/mol. The van der Waals surface area contributed by atoms with Gasteiger partial charge in [-0.05, 0) is 42.5 Å². The van der Waals surface area contributed by atoms with Crippen LogP contribution in [0, 0.1) is 0 Å². The molecule has 2 aromatic rings. The van der Waals surface area contributed by atoms with E-state index in [4.69, 9.17) is 9.47 Å². The number of hydrogen-bond donors (Lipinski definition) is 3. The van der Waals surface area contributed by atoms with Gasteiger partial charge < -0.3 is 25.2 Å². The number of benzene rings is 2. The molecule has 0 aliphatic rings. The van der Waals surface area contributed by atoms with Crippen molar-refractivity contribution >= 4 is 21.9 Å². The Balaban J connectivity index is 2.00. The largest absolute Gasteiger partial charge is 0.497 e. The number of hydrogen-bond acceptors (Lipinski definition) is 4. The van der Waals surface area contributed by atoms with E-state index in [1.54, 1.807) is 12.1 Å². The van der Waals surface area contributed by atoms with Gasteiger partial charge in [-0.2, -0.15) is 0 Å². The highest BCUT2D eigenvalue weighted by Gasteiger charge is 2.65. The molecule has 0 saturated carbocycles. The predicted octanol–water partition coefficient (Wildman–Crippen LogP) is 5.22. The Morgan fingerprint density at radius 1 is 1.03 bits per heavy atom. The number of anilines is 1. The van der Waals surface area contributed by atoms with E-state index in [0.717, 1.165) is 0 Å². The second kappa shape index (κ2) is 7.26. The SMILES string of the molecule is COc1ccc(OC)c([C@@H](O)CNC(=O)Nc2ccc(S(F)(F)(F)(F)F)cc2)c1. The molecule has 0 spiro atoms. The molecule has 1 atom stereocenters. The van der Waals surface area contributed by atoms with Crippen molar-refractivity contribution in [2.45, 2.75) is 11.0 Å². The molecule has 162 valence electrons. The van der Waals surface area contributed by atoms with Gasteiger partial charge in [-0.25, -0.2) is 4.79 Å². The zero-order valence-corrected chi connectivity index (χ0v) is 16.1. The molecule has 0 aliphatic carbocycles. The number of carbonyl (C=O) groups is 1. The average Bonchev–Trinajstić information content (AvgIpc) is 2.64. The highest BCUT2D eigenvalue weighted by molar-refractivity contribution is 8.45. The van der Waals surface area contributed by atoms with Crippen LogP contribution in [0.25, 0.3) is 0 Å². The highest BCUT2D eigenvalue weighted by Crippen LogP contribution is 3.02. The summed E-state index contributed by atoms with van der Waals surface area (Å²) >= 11 is 0. The maximum Gasteiger partial charge on any atom is 0.319 e. The first-order valence-electron chi connectivity index (χ1n) is 8.02. The van der Waals surface area contributed by atoms with Crippen LogP contribution in [0.15, 0.2) is 47.4 Å². The van der Waals surface area contributed by atoms with E-state index in [1.165, 1.54) is 20.3 Å². The maximum absolute atomic E-state index is 12.7. The van der Waals surface area contributed by atoms with Crippen molar-refractivity contribution in [1.82, 2.24) is 5.32 Å². The van der Waals surface area contributed by atoms with Gasteiger partial charge >= 0.3 is 16.3 Å². The zero-order valence-electron chi connectivity index (χ0n) is 15.3. The van der Waals surface area contributed by atoms with Crippen LogP contribution in [0.3, 0.4) is 0 Å². The van der Waals surface area contributed by atoms with Crippen LogP contribution >= 0.6 is 10.2 Å². The van der Waals surface area contributed by atoms with E-state index in [1.807, 2.05) is 0 Å². The van der Waals surface area contributed by atoms with E-state index >= 15 is 0 Å². The molecule has 0 heterocycles. The number of nitrogens with one attached hydrogen (secondary N) is 2. The third kappa shape index (κ3) is 6.12. The maximum atomic E-state index is 12.7. The lowest BCUT2D eigenvalue weighted by atomic mass is 10.1. The fourth-order valence-corrected chi connectivity index (χ4v) is 3.02. The van der Waals surface area contributed by atoms with Crippen LogP contribution in [0.2, 0.25) is 0 Å². The van der Waals surface area contributed by atoms with Gasteiger partial charge in [0.1, 0.15) is 22.5 Å². The number of methoxy groups -OCH3 is 2. The number of halogens is 5. The summed E-state index contributed by atoms with van der Waals surface area (Å²) in [4.78, 5) is 9.82. The molecule has 2 amide bonds. The summed E-state index contributed by atoms with van der Waals surface area (Å²) in [5, 5.41) is 14.8. The van der Waals surface area contributed by atoms with Gasteiger partial charge in [0.15, 0.2) is 0 Å². The van der Waals surface area contributed by atoms with Gasteiger partial charge in [-0.1, -0.05) is 19.4 Å². The van der Waals surface area contributed by atoms with Crippen molar-refractivity contribution in [2.24, 2.45) is 0 Å². The lowest BCUT2D eigenvalue weighted by molar-refractivity contribution is 0.170. The molecule has 0 unspecified atom stereocenters. The van der Waals surface area contributed by atoms with Gasteiger partial charge in [0.05, 0.1) is 14.2 Å².